The lowest BCUT2D eigenvalue weighted by Gasteiger charge is -2.23. The fourth-order valence-corrected chi connectivity index (χ4v) is 2.12. The molecule has 1 aromatic rings. The molecule has 0 saturated carbocycles. The highest BCUT2D eigenvalue weighted by Gasteiger charge is 2.27. The Kier molecular flexibility index (Phi) is 4.52. The third-order valence-electron chi connectivity index (χ3n) is 3.01. The molecule has 106 valence electrons. The van der Waals surface area contributed by atoms with Crippen molar-refractivity contribution in [2.75, 3.05) is 18.9 Å². The van der Waals surface area contributed by atoms with Crippen LogP contribution in [0.25, 0.3) is 0 Å². The molecule has 6 nitrogen and oxygen atoms in total. The van der Waals surface area contributed by atoms with Gasteiger partial charge in [-0.2, -0.15) is 5.10 Å². The van der Waals surface area contributed by atoms with Crippen LogP contribution in [0.4, 0.5) is 5.82 Å². The van der Waals surface area contributed by atoms with Gasteiger partial charge in [-0.1, -0.05) is 12.2 Å². The molecule has 7 heteroatoms. The van der Waals surface area contributed by atoms with Crippen LogP contribution in [0, 0.1) is 12.3 Å². The Morgan fingerprint density at radius 2 is 2.11 bits per heavy atom. The fourth-order valence-electron chi connectivity index (χ4n) is 1.88. The summed E-state index contributed by atoms with van der Waals surface area (Å²) in [4.78, 5) is 12.0. The monoisotopic (exact) mass is 283 g/mol. The van der Waals surface area contributed by atoms with Gasteiger partial charge in [-0.25, -0.2) is 0 Å². The molecule has 4 N–H and O–H groups in total. The summed E-state index contributed by atoms with van der Waals surface area (Å²) in [5.41, 5.74) is 6.67. The number of aromatic nitrogens is 2. The predicted octanol–water partition coefficient (Wildman–Crippen LogP) is 0.547. The minimum Gasteiger partial charge on any atom is -0.389 e. The normalized spacial score (nSPS) is 11.2. The second kappa shape index (κ2) is 5.56. The number of nitrogens with zero attached hydrogens (tertiary/aromatic N) is 2. The van der Waals surface area contributed by atoms with Crippen molar-refractivity contribution in [2.45, 2.75) is 20.8 Å². The van der Waals surface area contributed by atoms with Crippen LogP contribution in [0.3, 0.4) is 0 Å². The standard InChI is InChI=1S/C12H21N5OS/c1-7-8(9(13)19)10(17(5)16-7)15-6-12(2,3)11(18)14-4/h15H,6H2,1-5H3,(H2,13,19)(H,14,18). The number of aryl methyl sites for hydroxylation is 2. The van der Waals surface area contributed by atoms with E-state index in [0.717, 1.165) is 17.1 Å². The molecule has 0 aliphatic carbocycles. The van der Waals surface area contributed by atoms with Gasteiger partial charge in [0.15, 0.2) is 0 Å². The SMILES string of the molecule is CNC(=O)C(C)(C)CNc1c(C(N)=S)c(C)nn1C. The summed E-state index contributed by atoms with van der Waals surface area (Å²) < 4.78 is 1.68. The zero-order chi connectivity index (χ0) is 14.8. The van der Waals surface area contributed by atoms with Crippen molar-refractivity contribution in [2.24, 2.45) is 18.2 Å². The minimum absolute atomic E-state index is 0.0317. The summed E-state index contributed by atoms with van der Waals surface area (Å²) in [5.74, 6) is 0.706. The summed E-state index contributed by atoms with van der Waals surface area (Å²) in [6.45, 7) is 6.04. The van der Waals surface area contributed by atoms with Crippen molar-refractivity contribution >= 4 is 28.9 Å². The zero-order valence-corrected chi connectivity index (χ0v) is 12.8. The summed E-state index contributed by atoms with van der Waals surface area (Å²) in [6, 6.07) is 0. The number of rotatable bonds is 5. The van der Waals surface area contributed by atoms with E-state index < -0.39 is 5.41 Å². The number of hydrogen-bond donors (Lipinski definition) is 3. The molecule has 0 spiro atoms. The molecule has 1 rings (SSSR count). The van der Waals surface area contributed by atoms with E-state index in [9.17, 15) is 4.79 Å². The van der Waals surface area contributed by atoms with Gasteiger partial charge in [0.05, 0.1) is 16.7 Å². The fraction of sp³-hybridized carbons (Fsp3) is 0.583. The molecule has 0 fully saturated rings. The predicted molar refractivity (Wildman–Crippen MR) is 80.2 cm³/mol. The molecule has 1 amide bonds. The highest BCUT2D eigenvalue weighted by molar-refractivity contribution is 7.80. The van der Waals surface area contributed by atoms with Crippen molar-refractivity contribution in [3.8, 4) is 0 Å². The molecule has 1 aromatic heterocycles. The van der Waals surface area contributed by atoms with E-state index in [4.69, 9.17) is 18.0 Å². The van der Waals surface area contributed by atoms with Crippen LogP contribution in [0.15, 0.2) is 0 Å². The minimum atomic E-state index is -0.541. The van der Waals surface area contributed by atoms with Crippen LogP contribution in [0.5, 0.6) is 0 Å². The third-order valence-corrected chi connectivity index (χ3v) is 3.21. The Hall–Kier alpha value is -1.63. The largest absolute Gasteiger partial charge is 0.389 e. The van der Waals surface area contributed by atoms with Gasteiger partial charge < -0.3 is 16.4 Å². The Bertz CT molecular complexity index is 506. The van der Waals surface area contributed by atoms with Crippen molar-refractivity contribution in [1.82, 2.24) is 15.1 Å². The molecular weight excluding hydrogens is 262 g/mol. The first-order valence-corrected chi connectivity index (χ1v) is 6.41. The number of hydrogen-bond acceptors (Lipinski definition) is 4. The molecule has 1 heterocycles. The Balaban J connectivity index is 2.95. The van der Waals surface area contributed by atoms with Gasteiger partial charge in [0, 0.05) is 20.6 Å². The van der Waals surface area contributed by atoms with E-state index in [1.54, 1.807) is 11.7 Å². The van der Waals surface area contributed by atoms with E-state index >= 15 is 0 Å². The molecule has 0 bridgehead atoms. The van der Waals surface area contributed by atoms with Crippen molar-refractivity contribution in [1.29, 1.82) is 0 Å². The van der Waals surface area contributed by atoms with Crippen LogP contribution in [-0.4, -0.2) is 34.3 Å². The second-order valence-electron chi connectivity index (χ2n) is 5.11. The number of nitrogens with two attached hydrogens (primary N) is 1. The summed E-state index contributed by atoms with van der Waals surface area (Å²) in [7, 11) is 3.43. The molecule has 19 heavy (non-hydrogen) atoms. The van der Waals surface area contributed by atoms with Gasteiger partial charge in [0.25, 0.3) is 0 Å². The quantitative estimate of drug-likeness (QED) is 0.687. The molecule has 0 radical (unpaired) electrons. The highest BCUT2D eigenvalue weighted by atomic mass is 32.1. The molecule has 0 atom stereocenters. The maximum atomic E-state index is 11.7. The van der Waals surface area contributed by atoms with Crippen LogP contribution in [-0.2, 0) is 11.8 Å². The summed E-state index contributed by atoms with van der Waals surface area (Å²) in [5, 5.41) is 10.1. The van der Waals surface area contributed by atoms with Crippen LogP contribution >= 0.6 is 12.2 Å². The van der Waals surface area contributed by atoms with E-state index in [0.29, 0.717) is 11.5 Å². The van der Waals surface area contributed by atoms with E-state index in [2.05, 4.69) is 15.7 Å². The van der Waals surface area contributed by atoms with E-state index in [1.807, 2.05) is 27.8 Å². The van der Waals surface area contributed by atoms with E-state index in [-0.39, 0.29) is 5.91 Å². The summed E-state index contributed by atoms with van der Waals surface area (Å²) >= 11 is 5.04. The van der Waals surface area contributed by atoms with Gasteiger partial charge in [0.2, 0.25) is 5.91 Å². The third kappa shape index (κ3) is 3.23. The first-order valence-electron chi connectivity index (χ1n) is 6.00. The number of carbonyl (C=O) groups is 1. The van der Waals surface area contributed by atoms with E-state index in [1.165, 1.54) is 0 Å². The molecular formula is C12H21N5OS. The van der Waals surface area contributed by atoms with Gasteiger partial charge in [-0.15, -0.1) is 0 Å². The zero-order valence-electron chi connectivity index (χ0n) is 12.0. The molecule has 0 aromatic carbocycles. The number of amides is 1. The topological polar surface area (TPSA) is 85.0 Å². The average molecular weight is 283 g/mol. The number of carbonyl (C=O) groups excluding carboxylic acids is 1. The molecule has 0 aliphatic rings. The maximum Gasteiger partial charge on any atom is 0.227 e. The van der Waals surface area contributed by atoms with Crippen molar-refractivity contribution < 1.29 is 4.79 Å². The average Bonchev–Trinajstić information content (AvgIpc) is 2.60. The van der Waals surface area contributed by atoms with Gasteiger partial charge in [0.1, 0.15) is 10.8 Å². The van der Waals surface area contributed by atoms with Gasteiger partial charge in [-0.05, 0) is 20.8 Å². The Labute approximate surface area is 118 Å². The number of thiocarbonyl (C=S) groups is 1. The first kappa shape index (κ1) is 15.4. The van der Waals surface area contributed by atoms with Crippen molar-refractivity contribution in [3.63, 3.8) is 0 Å². The second-order valence-corrected chi connectivity index (χ2v) is 5.55. The lowest BCUT2D eigenvalue weighted by molar-refractivity contribution is -0.128. The van der Waals surface area contributed by atoms with Crippen LogP contribution in [0.1, 0.15) is 25.1 Å². The number of nitrogens with one attached hydrogen (secondary N) is 2. The van der Waals surface area contributed by atoms with Crippen LogP contribution < -0.4 is 16.4 Å². The molecule has 0 saturated heterocycles. The number of anilines is 1. The van der Waals surface area contributed by atoms with Crippen LogP contribution in [0.2, 0.25) is 0 Å². The Morgan fingerprint density at radius 3 is 2.58 bits per heavy atom. The lowest BCUT2D eigenvalue weighted by Crippen LogP contribution is -2.40. The molecule has 0 unspecified atom stereocenters. The maximum absolute atomic E-state index is 11.7. The Morgan fingerprint density at radius 1 is 1.53 bits per heavy atom. The van der Waals surface area contributed by atoms with Gasteiger partial charge in [-0.3, -0.25) is 9.48 Å². The first-order chi connectivity index (χ1) is 8.70. The highest BCUT2D eigenvalue weighted by Crippen LogP contribution is 2.22. The summed E-state index contributed by atoms with van der Waals surface area (Å²) in [6.07, 6.45) is 0. The van der Waals surface area contributed by atoms with Crippen molar-refractivity contribution in [3.05, 3.63) is 11.3 Å². The molecule has 0 aliphatic heterocycles. The lowest BCUT2D eigenvalue weighted by atomic mass is 9.92. The smallest absolute Gasteiger partial charge is 0.227 e. The van der Waals surface area contributed by atoms with Gasteiger partial charge >= 0.3 is 0 Å².